The van der Waals surface area contributed by atoms with Crippen LogP contribution in [0.25, 0.3) is 0 Å². The van der Waals surface area contributed by atoms with Gasteiger partial charge < -0.3 is 5.73 Å². The summed E-state index contributed by atoms with van der Waals surface area (Å²) >= 11 is 0. The normalized spacial score (nSPS) is 21.0. The molecule has 4 nitrogen and oxygen atoms in total. The minimum atomic E-state index is -0.0277. The van der Waals surface area contributed by atoms with Gasteiger partial charge in [-0.1, -0.05) is 26.7 Å². The molecule has 0 unspecified atom stereocenters. The fraction of sp³-hybridized carbons (Fsp3) is 0.818. The number of nitrogens with two attached hydrogens (primary N) is 1. The van der Waals surface area contributed by atoms with E-state index in [0.29, 0.717) is 11.8 Å². The van der Waals surface area contributed by atoms with Crippen LogP contribution in [0, 0.1) is 5.92 Å². The molecule has 1 aliphatic rings. The van der Waals surface area contributed by atoms with E-state index in [-0.39, 0.29) is 6.04 Å². The van der Waals surface area contributed by atoms with Crippen molar-refractivity contribution in [2.45, 2.75) is 51.5 Å². The molecule has 0 radical (unpaired) electrons. The minimum absolute atomic E-state index is 0.0277. The van der Waals surface area contributed by atoms with Gasteiger partial charge in [-0.3, -0.25) is 5.10 Å². The summed E-state index contributed by atoms with van der Waals surface area (Å²) in [7, 11) is 0. The first-order valence-electron chi connectivity index (χ1n) is 5.90. The Labute approximate surface area is 90.7 Å². The van der Waals surface area contributed by atoms with E-state index in [1.165, 1.54) is 19.3 Å². The molecule has 1 heterocycles. The average Bonchev–Trinajstić information content (AvgIpc) is 2.62. The van der Waals surface area contributed by atoms with Crippen LogP contribution in [-0.4, -0.2) is 15.2 Å². The second kappa shape index (κ2) is 4.31. The maximum Gasteiger partial charge on any atom is 0.167 e. The Balaban J connectivity index is 2.05. The summed E-state index contributed by atoms with van der Waals surface area (Å²) in [6.07, 6.45) is 4.87. The number of hydrogen-bond donors (Lipinski definition) is 2. The van der Waals surface area contributed by atoms with Crippen molar-refractivity contribution in [3.8, 4) is 0 Å². The van der Waals surface area contributed by atoms with E-state index in [0.717, 1.165) is 18.1 Å². The third-order valence-electron chi connectivity index (χ3n) is 3.57. The van der Waals surface area contributed by atoms with Gasteiger partial charge in [0.05, 0.1) is 6.04 Å². The molecule has 1 aromatic heterocycles. The molecule has 0 bridgehead atoms. The smallest absolute Gasteiger partial charge is 0.167 e. The maximum atomic E-state index is 6.08. The summed E-state index contributed by atoms with van der Waals surface area (Å²) in [4.78, 5) is 4.51. The number of H-pyrrole nitrogens is 1. The van der Waals surface area contributed by atoms with Crippen LogP contribution < -0.4 is 5.73 Å². The predicted octanol–water partition coefficient (Wildman–Crippen LogP) is 2.12. The summed E-state index contributed by atoms with van der Waals surface area (Å²) in [6.45, 7) is 4.29. The Kier molecular flexibility index (Phi) is 3.05. The Hall–Kier alpha value is -0.900. The lowest BCUT2D eigenvalue weighted by molar-refractivity contribution is 0.400. The number of nitrogens with one attached hydrogen (secondary N) is 1. The minimum Gasteiger partial charge on any atom is -0.321 e. The fourth-order valence-electron chi connectivity index (χ4n) is 1.81. The first-order chi connectivity index (χ1) is 7.22. The third kappa shape index (κ3) is 2.04. The lowest BCUT2D eigenvalue weighted by atomic mass is 9.85. The van der Waals surface area contributed by atoms with E-state index < -0.39 is 0 Å². The van der Waals surface area contributed by atoms with Crippen molar-refractivity contribution in [1.82, 2.24) is 15.2 Å². The summed E-state index contributed by atoms with van der Waals surface area (Å²) < 4.78 is 0. The van der Waals surface area contributed by atoms with Crippen molar-refractivity contribution in [2.24, 2.45) is 11.7 Å². The van der Waals surface area contributed by atoms with Gasteiger partial charge in [0.15, 0.2) is 5.82 Å². The number of rotatable bonds is 4. The van der Waals surface area contributed by atoms with Crippen LogP contribution in [0.1, 0.15) is 63.1 Å². The van der Waals surface area contributed by atoms with Crippen molar-refractivity contribution in [1.29, 1.82) is 0 Å². The van der Waals surface area contributed by atoms with Gasteiger partial charge in [0.1, 0.15) is 5.82 Å². The largest absolute Gasteiger partial charge is 0.321 e. The molecule has 84 valence electrons. The van der Waals surface area contributed by atoms with Crippen LogP contribution in [-0.2, 0) is 0 Å². The standard InChI is InChI=1S/C11H20N4/c1-3-7(2)9(12)11-13-10(14-15-11)8-5-4-6-8/h7-9H,3-6,12H2,1-2H3,(H,13,14,15)/t7-,9-/m0/s1. The van der Waals surface area contributed by atoms with Crippen LogP contribution in [0.4, 0.5) is 0 Å². The lowest BCUT2D eigenvalue weighted by Gasteiger charge is -2.22. The molecule has 0 amide bonds. The van der Waals surface area contributed by atoms with Crippen LogP contribution >= 0.6 is 0 Å². The quantitative estimate of drug-likeness (QED) is 0.796. The molecular formula is C11H20N4. The highest BCUT2D eigenvalue weighted by Crippen LogP contribution is 2.34. The summed E-state index contributed by atoms with van der Waals surface area (Å²) in [6, 6.07) is -0.0277. The highest BCUT2D eigenvalue weighted by molar-refractivity contribution is 5.04. The Bertz CT molecular complexity index is 316. The molecule has 2 rings (SSSR count). The fourth-order valence-corrected chi connectivity index (χ4v) is 1.81. The highest BCUT2D eigenvalue weighted by Gasteiger charge is 2.25. The maximum absolute atomic E-state index is 6.08. The zero-order valence-electron chi connectivity index (χ0n) is 9.53. The van der Waals surface area contributed by atoms with Gasteiger partial charge in [-0.05, 0) is 18.8 Å². The Morgan fingerprint density at radius 2 is 2.27 bits per heavy atom. The zero-order valence-corrected chi connectivity index (χ0v) is 9.53. The molecule has 0 aromatic carbocycles. The summed E-state index contributed by atoms with van der Waals surface area (Å²) in [5.41, 5.74) is 6.08. The molecule has 0 saturated heterocycles. The molecule has 4 heteroatoms. The predicted molar refractivity (Wildman–Crippen MR) is 59.4 cm³/mol. The second-order valence-electron chi connectivity index (χ2n) is 4.62. The lowest BCUT2D eigenvalue weighted by Crippen LogP contribution is -2.20. The van der Waals surface area contributed by atoms with Crippen molar-refractivity contribution in [3.63, 3.8) is 0 Å². The number of nitrogens with zero attached hydrogens (tertiary/aromatic N) is 2. The van der Waals surface area contributed by atoms with Crippen molar-refractivity contribution in [2.75, 3.05) is 0 Å². The zero-order chi connectivity index (χ0) is 10.8. The van der Waals surface area contributed by atoms with Crippen LogP contribution in [0.15, 0.2) is 0 Å². The average molecular weight is 208 g/mol. The van der Waals surface area contributed by atoms with Crippen molar-refractivity contribution < 1.29 is 0 Å². The van der Waals surface area contributed by atoms with Gasteiger partial charge in [0.25, 0.3) is 0 Å². The highest BCUT2D eigenvalue weighted by atomic mass is 15.2. The first-order valence-corrected chi connectivity index (χ1v) is 5.90. The van der Waals surface area contributed by atoms with E-state index in [1.807, 2.05) is 0 Å². The molecule has 1 aliphatic carbocycles. The van der Waals surface area contributed by atoms with E-state index in [2.05, 4.69) is 29.0 Å². The number of hydrogen-bond acceptors (Lipinski definition) is 3. The number of aromatic amines is 1. The molecule has 1 aromatic rings. The molecule has 15 heavy (non-hydrogen) atoms. The van der Waals surface area contributed by atoms with E-state index >= 15 is 0 Å². The molecule has 0 spiro atoms. The van der Waals surface area contributed by atoms with E-state index in [9.17, 15) is 0 Å². The topological polar surface area (TPSA) is 67.6 Å². The summed E-state index contributed by atoms with van der Waals surface area (Å²) in [5, 5.41) is 7.25. The Morgan fingerprint density at radius 1 is 1.53 bits per heavy atom. The Morgan fingerprint density at radius 3 is 2.80 bits per heavy atom. The van der Waals surface area contributed by atoms with Gasteiger partial charge in [-0.2, -0.15) is 5.10 Å². The van der Waals surface area contributed by atoms with Gasteiger partial charge in [0.2, 0.25) is 0 Å². The van der Waals surface area contributed by atoms with E-state index in [1.54, 1.807) is 0 Å². The third-order valence-corrected chi connectivity index (χ3v) is 3.57. The van der Waals surface area contributed by atoms with Gasteiger partial charge in [-0.25, -0.2) is 4.98 Å². The molecule has 2 atom stereocenters. The van der Waals surface area contributed by atoms with Crippen LogP contribution in [0.5, 0.6) is 0 Å². The van der Waals surface area contributed by atoms with Gasteiger partial charge in [0, 0.05) is 5.92 Å². The van der Waals surface area contributed by atoms with Crippen molar-refractivity contribution in [3.05, 3.63) is 11.6 Å². The molecule has 0 aliphatic heterocycles. The molecular weight excluding hydrogens is 188 g/mol. The van der Waals surface area contributed by atoms with Crippen molar-refractivity contribution >= 4 is 0 Å². The molecule has 1 saturated carbocycles. The van der Waals surface area contributed by atoms with E-state index in [4.69, 9.17) is 5.73 Å². The SMILES string of the molecule is CC[C@H](C)[C@H](N)c1n[nH]c(C2CCC2)n1. The van der Waals surface area contributed by atoms with Crippen LogP contribution in [0.3, 0.4) is 0 Å². The molecule has 3 N–H and O–H groups in total. The van der Waals surface area contributed by atoms with Gasteiger partial charge in [-0.15, -0.1) is 0 Å². The van der Waals surface area contributed by atoms with Crippen LogP contribution in [0.2, 0.25) is 0 Å². The second-order valence-corrected chi connectivity index (χ2v) is 4.62. The summed E-state index contributed by atoms with van der Waals surface area (Å²) in [5.74, 6) is 2.87. The van der Waals surface area contributed by atoms with Gasteiger partial charge >= 0.3 is 0 Å². The molecule has 1 fully saturated rings. The number of aromatic nitrogens is 3. The monoisotopic (exact) mass is 208 g/mol. The first kappa shape index (κ1) is 10.6.